The molecule has 0 saturated carbocycles. The number of carbonyl (C=O) groups excluding carboxylic acids is 1. The Morgan fingerprint density at radius 2 is 2.14 bits per heavy atom. The zero-order chi connectivity index (χ0) is 14.7. The number of furan rings is 1. The summed E-state index contributed by atoms with van der Waals surface area (Å²) in [4.78, 5) is 14.9. The first-order chi connectivity index (χ1) is 10.3. The monoisotopic (exact) mass is 285 g/mol. The van der Waals surface area contributed by atoms with Gasteiger partial charge in [-0.15, -0.1) is 0 Å². The third-order valence-electron chi connectivity index (χ3n) is 4.52. The molecule has 0 N–H and O–H groups in total. The maximum Gasteiger partial charge on any atom is 0.211 e. The highest BCUT2D eigenvalue weighted by Crippen LogP contribution is 2.22. The third-order valence-corrected chi connectivity index (χ3v) is 4.52. The fourth-order valence-corrected chi connectivity index (χ4v) is 3.29. The lowest BCUT2D eigenvalue weighted by atomic mass is 10.1. The molecule has 0 bridgehead atoms. The Morgan fingerprint density at radius 1 is 1.29 bits per heavy atom. The molecular formula is C18H23NO2. The molecule has 1 aromatic heterocycles. The van der Waals surface area contributed by atoms with Gasteiger partial charge >= 0.3 is 0 Å². The van der Waals surface area contributed by atoms with Crippen molar-refractivity contribution in [3.8, 4) is 0 Å². The van der Waals surface area contributed by atoms with Gasteiger partial charge in [-0.25, -0.2) is 0 Å². The first-order valence-electron chi connectivity index (χ1n) is 8.03. The molecule has 2 aromatic rings. The van der Waals surface area contributed by atoms with E-state index in [1.165, 1.54) is 25.7 Å². The molecule has 0 spiro atoms. The van der Waals surface area contributed by atoms with Gasteiger partial charge in [-0.05, 0) is 37.9 Å². The van der Waals surface area contributed by atoms with E-state index in [0.29, 0.717) is 18.3 Å². The molecule has 0 radical (unpaired) electrons. The molecular weight excluding hydrogens is 262 g/mol. The van der Waals surface area contributed by atoms with Crippen molar-refractivity contribution in [2.75, 3.05) is 13.1 Å². The lowest BCUT2D eigenvalue weighted by molar-refractivity contribution is 0.0865. The van der Waals surface area contributed by atoms with E-state index >= 15 is 0 Å². The van der Waals surface area contributed by atoms with Crippen LogP contribution >= 0.6 is 0 Å². The number of fused-ring (bicyclic) bond motifs is 1. The average Bonchev–Trinajstić information content (AvgIpc) is 2.82. The van der Waals surface area contributed by atoms with Gasteiger partial charge in [0.15, 0.2) is 5.76 Å². The van der Waals surface area contributed by atoms with E-state index in [9.17, 15) is 4.79 Å². The van der Waals surface area contributed by atoms with E-state index in [0.717, 1.165) is 23.9 Å². The van der Waals surface area contributed by atoms with E-state index in [2.05, 4.69) is 11.8 Å². The summed E-state index contributed by atoms with van der Waals surface area (Å²) >= 11 is 0. The number of para-hydroxylation sites is 1. The summed E-state index contributed by atoms with van der Waals surface area (Å²) in [7, 11) is 0. The molecule has 3 heteroatoms. The standard InChI is InChI=1S/C18H23NO2/c1-2-15-9-4-3-7-11-19(15)13-16(20)18-12-14-8-5-6-10-17(14)21-18/h5-6,8,10,12,15H,2-4,7,9,11,13H2,1H3. The van der Waals surface area contributed by atoms with E-state index in [1.54, 1.807) is 0 Å². The first kappa shape index (κ1) is 14.3. The van der Waals surface area contributed by atoms with Crippen molar-refractivity contribution in [2.24, 2.45) is 0 Å². The smallest absolute Gasteiger partial charge is 0.211 e. The van der Waals surface area contributed by atoms with Gasteiger partial charge in [-0.2, -0.15) is 0 Å². The minimum Gasteiger partial charge on any atom is -0.453 e. The number of hydrogen-bond acceptors (Lipinski definition) is 3. The second-order valence-corrected chi connectivity index (χ2v) is 5.95. The van der Waals surface area contributed by atoms with E-state index in [1.807, 2.05) is 30.3 Å². The average molecular weight is 285 g/mol. The van der Waals surface area contributed by atoms with Crippen molar-refractivity contribution in [1.29, 1.82) is 0 Å². The predicted molar refractivity (Wildman–Crippen MR) is 84.7 cm³/mol. The van der Waals surface area contributed by atoms with Gasteiger partial charge in [0.05, 0.1) is 6.54 Å². The SMILES string of the molecule is CCC1CCCCCN1CC(=O)c1cc2ccccc2o1. The Bertz CT molecular complexity index is 583. The van der Waals surface area contributed by atoms with Gasteiger partial charge in [0.2, 0.25) is 5.78 Å². The Balaban J connectivity index is 1.75. The summed E-state index contributed by atoms with van der Waals surface area (Å²) in [6.07, 6.45) is 6.10. The molecule has 3 nitrogen and oxygen atoms in total. The van der Waals surface area contributed by atoms with Gasteiger partial charge in [-0.3, -0.25) is 9.69 Å². The summed E-state index contributed by atoms with van der Waals surface area (Å²) in [5.74, 6) is 0.599. The van der Waals surface area contributed by atoms with Crippen LogP contribution in [0.4, 0.5) is 0 Å². The number of Topliss-reactive ketones (excluding diaryl/α,β-unsaturated/α-hetero) is 1. The molecule has 1 aliphatic heterocycles. The van der Waals surface area contributed by atoms with Crippen LogP contribution in [0.5, 0.6) is 0 Å². The molecule has 1 atom stereocenters. The minimum atomic E-state index is 0.103. The van der Waals surface area contributed by atoms with Gasteiger partial charge in [0.25, 0.3) is 0 Å². The number of ketones is 1. The molecule has 1 aromatic carbocycles. The topological polar surface area (TPSA) is 33.5 Å². The van der Waals surface area contributed by atoms with Crippen molar-refractivity contribution < 1.29 is 9.21 Å². The Kier molecular flexibility index (Phi) is 4.39. The van der Waals surface area contributed by atoms with Gasteiger partial charge < -0.3 is 4.42 Å². The van der Waals surface area contributed by atoms with E-state index < -0.39 is 0 Å². The number of carbonyl (C=O) groups is 1. The van der Waals surface area contributed by atoms with Crippen LogP contribution in [0.1, 0.15) is 49.6 Å². The number of benzene rings is 1. The van der Waals surface area contributed by atoms with Crippen molar-refractivity contribution >= 4 is 16.8 Å². The number of hydrogen-bond donors (Lipinski definition) is 0. The number of nitrogens with zero attached hydrogens (tertiary/aromatic N) is 1. The van der Waals surface area contributed by atoms with Gasteiger partial charge in [-0.1, -0.05) is 38.0 Å². The lowest BCUT2D eigenvalue weighted by Crippen LogP contribution is -2.38. The molecule has 21 heavy (non-hydrogen) atoms. The quantitative estimate of drug-likeness (QED) is 0.787. The fraction of sp³-hybridized carbons (Fsp3) is 0.500. The lowest BCUT2D eigenvalue weighted by Gasteiger charge is -2.27. The maximum absolute atomic E-state index is 12.5. The van der Waals surface area contributed by atoms with Crippen LogP contribution < -0.4 is 0 Å². The van der Waals surface area contributed by atoms with Crippen LogP contribution in [-0.4, -0.2) is 29.8 Å². The molecule has 0 aliphatic carbocycles. The molecule has 112 valence electrons. The summed E-state index contributed by atoms with van der Waals surface area (Å²) in [6, 6.07) is 10.2. The normalized spacial score (nSPS) is 20.5. The summed E-state index contributed by atoms with van der Waals surface area (Å²) in [5, 5.41) is 1.00. The fourth-order valence-electron chi connectivity index (χ4n) is 3.29. The molecule has 3 rings (SSSR count). The Hall–Kier alpha value is -1.61. The highest BCUT2D eigenvalue weighted by atomic mass is 16.3. The van der Waals surface area contributed by atoms with Crippen molar-refractivity contribution in [3.05, 3.63) is 36.1 Å². The van der Waals surface area contributed by atoms with Crippen LogP contribution in [0, 0.1) is 0 Å². The number of likely N-dealkylation sites (tertiary alicyclic amines) is 1. The van der Waals surface area contributed by atoms with Gasteiger partial charge in [0, 0.05) is 11.4 Å². The largest absolute Gasteiger partial charge is 0.453 e. The van der Waals surface area contributed by atoms with Crippen molar-refractivity contribution in [3.63, 3.8) is 0 Å². The Morgan fingerprint density at radius 3 is 2.95 bits per heavy atom. The van der Waals surface area contributed by atoms with E-state index in [-0.39, 0.29) is 5.78 Å². The second kappa shape index (κ2) is 6.44. The summed E-state index contributed by atoms with van der Waals surface area (Å²) in [6.45, 7) is 3.73. The zero-order valence-corrected chi connectivity index (χ0v) is 12.7. The highest BCUT2D eigenvalue weighted by Gasteiger charge is 2.23. The molecule has 1 unspecified atom stereocenters. The second-order valence-electron chi connectivity index (χ2n) is 5.95. The van der Waals surface area contributed by atoms with Crippen LogP contribution in [0.15, 0.2) is 34.7 Å². The summed E-state index contributed by atoms with van der Waals surface area (Å²) in [5.41, 5.74) is 0.795. The predicted octanol–water partition coefficient (Wildman–Crippen LogP) is 4.27. The molecule has 1 fully saturated rings. The third kappa shape index (κ3) is 3.18. The highest BCUT2D eigenvalue weighted by molar-refractivity contribution is 5.98. The van der Waals surface area contributed by atoms with Gasteiger partial charge in [0.1, 0.15) is 5.58 Å². The van der Waals surface area contributed by atoms with Crippen molar-refractivity contribution in [2.45, 2.75) is 45.1 Å². The molecule has 2 heterocycles. The van der Waals surface area contributed by atoms with Crippen molar-refractivity contribution in [1.82, 2.24) is 4.90 Å². The zero-order valence-electron chi connectivity index (χ0n) is 12.7. The van der Waals surface area contributed by atoms with E-state index in [4.69, 9.17) is 4.42 Å². The minimum absolute atomic E-state index is 0.103. The summed E-state index contributed by atoms with van der Waals surface area (Å²) < 4.78 is 5.70. The number of rotatable bonds is 4. The van der Waals surface area contributed by atoms with Crippen LogP contribution in [0.2, 0.25) is 0 Å². The Labute approximate surface area is 125 Å². The molecule has 0 amide bonds. The van der Waals surface area contributed by atoms with Crippen LogP contribution in [0.3, 0.4) is 0 Å². The molecule has 1 saturated heterocycles. The van der Waals surface area contributed by atoms with Crippen LogP contribution in [-0.2, 0) is 0 Å². The first-order valence-corrected chi connectivity index (χ1v) is 8.03. The molecule has 1 aliphatic rings. The van der Waals surface area contributed by atoms with Crippen LogP contribution in [0.25, 0.3) is 11.0 Å². The maximum atomic E-state index is 12.5.